The molecule has 0 amide bonds. The molecule has 5 heteroatoms. The number of carboxylic acids is 1. The van der Waals surface area contributed by atoms with Crippen molar-refractivity contribution in [3.63, 3.8) is 0 Å². The molecule has 0 aromatic carbocycles. The zero-order valence-corrected chi connectivity index (χ0v) is 12.1. The summed E-state index contributed by atoms with van der Waals surface area (Å²) in [7, 11) is 0. The molecule has 0 aliphatic heterocycles. The average molecular weight is 273 g/mol. The molecule has 2 unspecified atom stereocenters. The van der Waals surface area contributed by atoms with Crippen molar-refractivity contribution in [2.75, 3.05) is 26.4 Å². The molecular formula is C14H27NO4. The van der Waals surface area contributed by atoms with Gasteiger partial charge in [-0.3, -0.25) is 4.79 Å². The van der Waals surface area contributed by atoms with Crippen LogP contribution < -0.4 is 5.32 Å². The van der Waals surface area contributed by atoms with E-state index in [2.05, 4.69) is 12.2 Å². The smallest absolute Gasteiger partial charge is 0.323 e. The van der Waals surface area contributed by atoms with Gasteiger partial charge in [0.25, 0.3) is 0 Å². The van der Waals surface area contributed by atoms with Crippen molar-refractivity contribution in [2.45, 2.75) is 57.6 Å². The van der Waals surface area contributed by atoms with E-state index in [1.54, 1.807) is 0 Å². The van der Waals surface area contributed by atoms with Gasteiger partial charge in [-0.15, -0.1) is 0 Å². The molecular weight excluding hydrogens is 246 g/mol. The quantitative estimate of drug-likeness (QED) is 0.627. The first kappa shape index (κ1) is 16.4. The first-order valence-electron chi connectivity index (χ1n) is 7.32. The molecule has 0 saturated heterocycles. The monoisotopic (exact) mass is 273 g/mol. The molecule has 1 rings (SSSR count). The summed E-state index contributed by atoms with van der Waals surface area (Å²) in [5, 5.41) is 12.6. The van der Waals surface area contributed by atoms with Crippen LogP contribution in [-0.2, 0) is 14.3 Å². The summed E-state index contributed by atoms with van der Waals surface area (Å²) in [5.41, 5.74) is -0.804. The van der Waals surface area contributed by atoms with E-state index in [0.29, 0.717) is 32.6 Å². The van der Waals surface area contributed by atoms with Crippen LogP contribution in [0.4, 0.5) is 0 Å². The maximum absolute atomic E-state index is 11.5. The largest absolute Gasteiger partial charge is 0.480 e. The number of carboxylic acid groups (broad SMARTS) is 1. The molecule has 2 N–H and O–H groups in total. The Bertz CT molecular complexity index is 268. The number of hydrogen-bond acceptors (Lipinski definition) is 4. The minimum Gasteiger partial charge on any atom is -0.480 e. The highest BCUT2D eigenvalue weighted by atomic mass is 16.5. The summed E-state index contributed by atoms with van der Waals surface area (Å²) in [4.78, 5) is 11.5. The number of aliphatic carboxylic acids is 1. The van der Waals surface area contributed by atoms with E-state index in [9.17, 15) is 9.90 Å². The lowest BCUT2D eigenvalue weighted by molar-refractivity contribution is -0.149. The molecule has 19 heavy (non-hydrogen) atoms. The number of ether oxygens (including phenoxy) is 2. The molecule has 0 bridgehead atoms. The van der Waals surface area contributed by atoms with Crippen LogP contribution in [-0.4, -0.2) is 49.1 Å². The normalized spacial score (nSPS) is 27.4. The molecule has 1 aliphatic carbocycles. The molecule has 0 radical (unpaired) electrons. The molecule has 0 spiro atoms. The SMILES string of the molecule is CCCOCCOC1CCCC(NCC)(C(=O)O)C1. The number of hydrogen-bond donors (Lipinski definition) is 2. The summed E-state index contributed by atoms with van der Waals surface area (Å²) in [5.74, 6) is -0.759. The van der Waals surface area contributed by atoms with E-state index in [1.807, 2.05) is 6.92 Å². The number of carbonyl (C=O) groups is 1. The molecule has 1 fully saturated rings. The summed E-state index contributed by atoms with van der Waals surface area (Å²) in [6, 6.07) is 0. The molecule has 0 aromatic rings. The zero-order valence-electron chi connectivity index (χ0n) is 12.1. The Morgan fingerprint density at radius 2 is 2.16 bits per heavy atom. The number of likely N-dealkylation sites (N-methyl/N-ethyl adjacent to an activating group) is 1. The molecule has 2 atom stereocenters. The molecule has 1 saturated carbocycles. The van der Waals surface area contributed by atoms with Crippen LogP contribution in [0.25, 0.3) is 0 Å². The van der Waals surface area contributed by atoms with E-state index in [4.69, 9.17) is 9.47 Å². The Labute approximate surface area is 115 Å². The fourth-order valence-corrected chi connectivity index (χ4v) is 2.66. The third kappa shape index (κ3) is 5.09. The summed E-state index contributed by atoms with van der Waals surface area (Å²) >= 11 is 0. The predicted molar refractivity (Wildman–Crippen MR) is 73.4 cm³/mol. The van der Waals surface area contributed by atoms with Crippen molar-refractivity contribution < 1.29 is 19.4 Å². The van der Waals surface area contributed by atoms with Crippen LogP contribution in [0, 0.1) is 0 Å². The third-order valence-corrected chi connectivity index (χ3v) is 3.56. The van der Waals surface area contributed by atoms with Gasteiger partial charge in [-0.25, -0.2) is 0 Å². The summed E-state index contributed by atoms with van der Waals surface area (Å²) in [6.45, 7) is 6.56. The van der Waals surface area contributed by atoms with Gasteiger partial charge in [-0.2, -0.15) is 0 Å². The highest BCUT2D eigenvalue weighted by molar-refractivity contribution is 5.79. The van der Waals surface area contributed by atoms with E-state index in [0.717, 1.165) is 25.9 Å². The maximum atomic E-state index is 11.5. The van der Waals surface area contributed by atoms with E-state index in [1.165, 1.54) is 0 Å². The van der Waals surface area contributed by atoms with Crippen molar-refractivity contribution in [3.8, 4) is 0 Å². The standard InChI is InChI=1S/C14H27NO4/c1-3-8-18-9-10-19-12-6-5-7-14(11-12,13(16)17)15-4-2/h12,15H,3-11H2,1-2H3,(H,16,17). The highest BCUT2D eigenvalue weighted by Gasteiger charge is 2.42. The summed E-state index contributed by atoms with van der Waals surface area (Å²) in [6.07, 6.45) is 4.08. The predicted octanol–water partition coefficient (Wildman–Crippen LogP) is 1.81. The van der Waals surface area contributed by atoms with E-state index < -0.39 is 11.5 Å². The molecule has 0 heterocycles. The van der Waals surface area contributed by atoms with Crippen molar-refractivity contribution in [1.82, 2.24) is 5.32 Å². The second-order valence-corrected chi connectivity index (χ2v) is 5.12. The molecule has 1 aliphatic rings. The zero-order chi connectivity index (χ0) is 14.1. The Morgan fingerprint density at radius 3 is 2.79 bits per heavy atom. The lowest BCUT2D eigenvalue weighted by Gasteiger charge is -2.38. The van der Waals surface area contributed by atoms with Crippen LogP contribution in [0.5, 0.6) is 0 Å². The van der Waals surface area contributed by atoms with Crippen LogP contribution in [0.1, 0.15) is 46.0 Å². The Kier molecular flexibility index (Phi) is 7.34. The van der Waals surface area contributed by atoms with Crippen LogP contribution in [0.15, 0.2) is 0 Å². The van der Waals surface area contributed by atoms with Gasteiger partial charge in [-0.05, 0) is 32.2 Å². The van der Waals surface area contributed by atoms with Crippen LogP contribution >= 0.6 is 0 Å². The van der Waals surface area contributed by atoms with Gasteiger partial charge in [0.15, 0.2) is 0 Å². The lowest BCUT2D eigenvalue weighted by atomic mass is 9.80. The average Bonchev–Trinajstić information content (AvgIpc) is 2.39. The number of nitrogens with one attached hydrogen (secondary N) is 1. The van der Waals surface area contributed by atoms with Gasteiger partial charge < -0.3 is 19.9 Å². The molecule has 0 aromatic heterocycles. The fourth-order valence-electron chi connectivity index (χ4n) is 2.66. The third-order valence-electron chi connectivity index (χ3n) is 3.56. The van der Waals surface area contributed by atoms with Crippen LogP contribution in [0.3, 0.4) is 0 Å². The highest BCUT2D eigenvalue weighted by Crippen LogP contribution is 2.30. The first-order valence-corrected chi connectivity index (χ1v) is 7.32. The Hall–Kier alpha value is -0.650. The van der Waals surface area contributed by atoms with Crippen molar-refractivity contribution in [3.05, 3.63) is 0 Å². The van der Waals surface area contributed by atoms with Gasteiger partial charge in [-0.1, -0.05) is 13.8 Å². The minimum absolute atomic E-state index is 0.0223. The molecule has 112 valence electrons. The number of rotatable bonds is 9. The fraction of sp³-hybridized carbons (Fsp3) is 0.929. The minimum atomic E-state index is -0.804. The topological polar surface area (TPSA) is 67.8 Å². The van der Waals surface area contributed by atoms with E-state index in [-0.39, 0.29) is 6.10 Å². The van der Waals surface area contributed by atoms with Gasteiger partial charge in [0.1, 0.15) is 5.54 Å². The molecule has 5 nitrogen and oxygen atoms in total. The summed E-state index contributed by atoms with van der Waals surface area (Å²) < 4.78 is 11.1. The second-order valence-electron chi connectivity index (χ2n) is 5.12. The maximum Gasteiger partial charge on any atom is 0.323 e. The van der Waals surface area contributed by atoms with Crippen molar-refractivity contribution >= 4 is 5.97 Å². The Morgan fingerprint density at radius 1 is 1.37 bits per heavy atom. The second kappa shape index (κ2) is 8.51. The van der Waals surface area contributed by atoms with Crippen LogP contribution in [0.2, 0.25) is 0 Å². The van der Waals surface area contributed by atoms with Gasteiger partial charge >= 0.3 is 5.97 Å². The first-order chi connectivity index (χ1) is 9.14. The van der Waals surface area contributed by atoms with Crippen molar-refractivity contribution in [1.29, 1.82) is 0 Å². The van der Waals surface area contributed by atoms with Gasteiger partial charge in [0.05, 0.1) is 19.3 Å². The lowest BCUT2D eigenvalue weighted by Crippen LogP contribution is -2.56. The van der Waals surface area contributed by atoms with Gasteiger partial charge in [0.2, 0.25) is 0 Å². The van der Waals surface area contributed by atoms with Crippen molar-refractivity contribution in [2.24, 2.45) is 0 Å². The Balaban J connectivity index is 2.37. The van der Waals surface area contributed by atoms with Gasteiger partial charge in [0, 0.05) is 13.0 Å². The van der Waals surface area contributed by atoms with E-state index >= 15 is 0 Å².